The van der Waals surface area contributed by atoms with Crippen LogP contribution in [0, 0.1) is 5.92 Å². The molecule has 0 amide bonds. The first-order chi connectivity index (χ1) is 13.2. The zero-order chi connectivity index (χ0) is 18.6. The molecule has 0 bridgehead atoms. The molecule has 1 aromatic carbocycles. The first kappa shape index (κ1) is 18.1. The van der Waals surface area contributed by atoms with Gasteiger partial charge >= 0.3 is 0 Å². The van der Waals surface area contributed by atoms with Crippen LogP contribution < -0.4 is 0 Å². The lowest BCUT2D eigenvalue weighted by Crippen LogP contribution is -2.34. The smallest absolute Gasteiger partial charge is 0.234 e. The molecule has 3 aromatic rings. The van der Waals surface area contributed by atoms with Gasteiger partial charge in [0.2, 0.25) is 5.78 Å². The van der Waals surface area contributed by atoms with Crippen molar-refractivity contribution >= 4 is 5.78 Å². The van der Waals surface area contributed by atoms with Crippen LogP contribution in [0.2, 0.25) is 0 Å². The van der Waals surface area contributed by atoms with Crippen LogP contribution in [-0.4, -0.2) is 71.1 Å². The number of fused-ring (bicyclic) bond motifs is 1. The SMILES string of the molecule is CN(C)CC1COCCN(Cc2c(-c3ccccc3)nc3ncccn23)C1. The van der Waals surface area contributed by atoms with E-state index >= 15 is 0 Å². The minimum Gasteiger partial charge on any atom is -0.380 e. The highest BCUT2D eigenvalue weighted by Gasteiger charge is 2.22. The number of hydrogen-bond acceptors (Lipinski definition) is 5. The molecule has 6 nitrogen and oxygen atoms in total. The number of aromatic nitrogens is 3. The summed E-state index contributed by atoms with van der Waals surface area (Å²) < 4.78 is 7.98. The van der Waals surface area contributed by atoms with Crippen molar-refractivity contribution in [3.63, 3.8) is 0 Å². The number of ether oxygens (including phenoxy) is 1. The summed E-state index contributed by atoms with van der Waals surface area (Å²) in [6, 6.07) is 12.4. The van der Waals surface area contributed by atoms with Crippen molar-refractivity contribution in [2.45, 2.75) is 6.54 Å². The van der Waals surface area contributed by atoms with Gasteiger partial charge in [-0.15, -0.1) is 0 Å². The number of hydrogen-bond donors (Lipinski definition) is 0. The third kappa shape index (κ3) is 4.18. The van der Waals surface area contributed by atoms with Crippen molar-refractivity contribution in [3.05, 3.63) is 54.5 Å². The molecule has 4 rings (SSSR count). The zero-order valence-electron chi connectivity index (χ0n) is 16.1. The highest BCUT2D eigenvalue weighted by Crippen LogP contribution is 2.25. The number of nitrogens with zero attached hydrogens (tertiary/aromatic N) is 5. The van der Waals surface area contributed by atoms with E-state index in [1.54, 1.807) is 6.20 Å². The van der Waals surface area contributed by atoms with E-state index in [0.29, 0.717) is 5.92 Å². The van der Waals surface area contributed by atoms with Crippen LogP contribution in [0.5, 0.6) is 0 Å². The summed E-state index contributed by atoms with van der Waals surface area (Å²) >= 11 is 0. The highest BCUT2D eigenvalue weighted by molar-refractivity contribution is 5.65. The maximum Gasteiger partial charge on any atom is 0.234 e. The Labute approximate surface area is 160 Å². The topological polar surface area (TPSA) is 45.9 Å². The summed E-state index contributed by atoms with van der Waals surface area (Å²) in [5, 5.41) is 0. The average molecular weight is 365 g/mol. The Hall–Kier alpha value is -2.28. The summed E-state index contributed by atoms with van der Waals surface area (Å²) in [5.74, 6) is 1.27. The van der Waals surface area contributed by atoms with Gasteiger partial charge in [0, 0.05) is 50.1 Å². The van der Waals surface area contributed by atoms with E-state index in [4.69, 9.17) is 9.72 Å². The minimum atomic E-state index is 0.514. The quantitative estimate of drug-likeness (QED) is 0.695. The standard InChI is InChI=1S/C21H27N5O/c1-24(2)13-17-14-25(11-12-27-16-17)15-19-20(18-7-4-3-5-8-18)23-21-22-9-6-10-26(19)21/h3-10,17H,11-16H2,1-2H3. The lowest BCUT2D eigenvalue weighted by molar-refractivity contribution is 0.112. The van der Waals surface area contributed by atoms with Gasteiger partial charge in [-0.3, -0.25) is 9.30 Å². The van der Waals surface area contributed by atoms with Crippen LogP contribution in [0.4, 0.5) is 0 Å². The summed E-state index contributed by atoms with van der Waals surface area (Å²) in [6.07, 6.45) is 3.86. The summed E-state index contributed by atoms with van der Waals surface area (Å²) in [6.45, 7) is 5.45. The molecule has 1 saturated heterocycles. The zero-order valence-corrected chi connectivity index (χ0v) is 16.1. The molecule has 1 aliphatic rings. The first-order valence-corrected chi connectivity index (χ1v) is 9.53. The molecule has 27 heavy (non-hydrogen) atoms. The predicted molar refractivity (Wildman–Crippen MR) is 107 cm³/mol. The van der Waals surface area contributed by atoms with E-state index in [2.05, 4.69) is 63.7 Å². The van der Waals surface area contributed by atoms with E-state index in [1.807, 2.05) is 12.1 Å². The van der Waals surface area contributed by atoms with Crippen LogP contribution in [0.15, 0.2) is 48.8 Å². The van der Waals surface area contributed by atoms with Gasteiger partial charge in [0.25, 0.3) is 0 Å². The van der Waals surface area contributed by atoms with Gasteiger partial charge in [-0.05, 0) is 20.2 Å². The normalized spacial score (nSPS) is 18.9. The molecule has 6 heteroatoms. The Morgan fingerprint density at radius 1 is 1.19 bits per heavy atom. The Morgan fingerprint density at radius 3 is 2.85 bits per heavy atom. The van der Waals surface area contributed by atoms with Crippen molar-refractivity contribution in [3.8, 4) is 11.3 Å². The maximum absolute atomic E-state index is 5.86. The molecule has 2 aromatic heterocycles. The predicted octanol–water partition coefficient (Wildman–Crippen LogP) is 2.41. The third-order valence-corrected chi connectivity index (χ3v) is 4.97. The molecule has 0 radical (unpaired) electrons. The monoisotopic (exact) mass is 365 g/mol. The van der Waals surface area contributed by atoms with Crippen LogP contribution in [0.3, 0.4) is 0 Å². The maximum atomic E-state index is 5.86. The largest absolute Gasteiger partial charge is 0.380 e. The molecule has 1 unspecified atom stereocenters. The molecule has 142 valence electrons. The van der Waals surface area contributed by atoms with Gasteiger partial charge in [-0.2, -0.15) is 0 Å². The van der Waals surface area contributed by atoms with Gasteiger partial charge in [0.05, 0.1) is 24.6 Å². The van der Waals surface area contributed by atoms with Crippen LogP contribution in [0.25, 0.3) is 17.0 Å². The average Bonchev–Trinajstić information content (AvgIpc) is 2.88. The molecule has 0 saturated carbocycles. The van der Waals surface area contributed by atoms with Crippen molar-refractivity contribution in [1.82, 2.24) is 24.2 Å². The fraction of sp³-hybridized carbons (Fsp3) is 0.429. The van der Waals surface area contributed by atoms with Crippen LogP contribution in [0.1, 0.15) is 5.69 Å². The fourth-order valence-electron chi connectivity index (χ4n) is 3.85. The van der Waals surface area contributed by atoms with Crippen molar-refractivity contribution in [1.29, 1.82) is 0 Å². The lowest BCUT2D eigenvalue weighted by Gasteiger charge is -2.25. The Morgan fingerprint density at radius 2 is 2.04 bits per heavy atom. The third-order valence-electron chi connectivity index (χ3n) is 4.97. The van der Waals surface area contributed by atoms with E-state index in [0.717, 1.165) is 56.4 Å². The van der Waals surface area contributed by atoms with Gasteiger partial charge in [-0.25, -0.2) is 9.97 Å². The van der Waals surface area contributed by atoms with E-state index in [1.165, 1.54) is 5.69 Å². The Bertz CT molecular complexity index is 877. The van der Waals surface area contributed by atoms with Crippen molar-refractivity contribution in [2.75, 3.05) is 46.9 Å². The van der Waals surface area contributed by atoms with Gasteiger partial charge in [-0.1, -0.05) is 30.3 Å². The van der Waals surface area contributed by atoms with Crippen LogP contribution >= 0.6 is 0 Å². The highest BCUT2D eigenvalue weighted by atomic mass is 16.5. The van der Waals surface area contributed by atoms with Gasteiger partial charge in [0.1, 0.15) is 0 Å². The molecule has 1 fully saturated rings. The Kier molecular flexibility index (Phi) is 5.48. The minimum absolute atomic E-state index is 0.514. The number of benzene rings is 1. The second-order valence-corrected chi connectivity index (χ2v) is 7.50. The summed E-state index contributed by atoms with van der Waals surface area (Å²) in [7, 11) is 4.25. The Balaban J connectivity index is 1.66. The van der Waals surface area contributed by atoms with E-state index < -0.39 is 0 Å². The van der Waals surface area contributed by atoms with Gasteiger partial charge in [0.15, 0.2) is 0 Å². The summed E-state index contributed by atoms with van der Waals surface area (Å²) in [5.41, 5.74) is 3.34. The van der Waals surface area contributed by atoms with Gasteiger partial charge < -0.3 is 9.64 Å². The first-order valence-electron chi connectivity index (χ1n) is 9.53. The number of rotatable bonds is 5. The molecule has 1 aliphatic heterocycles. The van der Waals surface area contributed by atoms with E-state index in [9.17, 15) is 0 Å². The molecular formula is C21H27N5O. The van der Waals surface area contributed by atoms with Crippen LogP contribution in [-0.2, 0) is 11.3 Å². The van der Waals surface area contributed by atoms with Crippen molar-refractivity contribution < 1.29 is 4.74 Å². The molecule has 3 heterocycles. The molecule has 0 aliphatic carbocycles. The number of imidazole rings is 1. The lowest BCUT2D eigenvalue weighted by atomic mass is 10.1. The molecule has 0 spiro atoms. The van der Waals surface area contributed by atoms with Crippen molar-refractivity contribution in [2.24, 2.45) is 5.92 Å². The summed E-state index contributed by atoms with van der Waals surface area (Å²) in [4.78, 5) is 14.0. The second-order valence-electron chi connectivity index (χ2n) is 7.50. The fourth-order valence-corrected chi connectivity index (χ4v) is 3.85. The molecule has 0 N–H and O–H groups in total. The second kappa shape index (κ2) is 8.17. The van der Waals surface area contributed by atoms with E-state index in [-0.39, 0.29) is 0 Å². The molecular weight excluding hydrogens is 338 g/mol. The molecule has 1 atom stereocenters.